The lowest BCUT2D eigenvalue weighted by atomic mass is 10.3. The molecular weight excluding hydrogens is 257 g/mol. The SMILES string of the molecule is O=C(O)Cc1cnc(COc2ccccc2F)s1. The number of carbonyl (C=O) groups is 1. The van der Waals surface area contributed by atoms with Crippen LogP contribution >= 0.6 is 11.3 Å². The number of benzene rings is 1. The highest BCUT2D eigenvalue weighted by atomic mass is 32.1. The van der Waals surface area contributed by atoms with Crippen LogP contribution in [0.3, 0.4) is 0 Å². The average Bonchev–Trinajstić information content (AvgIpc) is 2.75. The van der Waals surface area contributed by atoms with Gasteiger partial charge in [0.1, 0.15) is 11.6 Å². The number of hydrogen-bond acceptors (Lipinski definition) is 4. The van der Waals surface area contributed by atoms with Gasteiger partial charge in [0.15, 0.2) is 11.6 Å². The van der Waals surface area contributed by atoms with E-state index in [-0.39, 0.29) is 18.8 Å². The van der Waals surface area contributed by atoms with Crippen LogP contribution in [0, 0.1) is 5.82 Å². The fourth-order valence-corrected chi connectivity index (χ4v) is 2.17. The molecule has 2 aromatic rings. The zero-order valence-electron chi connectivity index (χ0n) is 9.30. The summed E-state index contributed by atoms with van der Waals surface area (Å²) in [7, 11) is 0. The van der Waals surface area contributed by atoms with Gasteiger partial charge < -0.3 is 9.84 Å². The molecule has 0 spiro atoms. The molecule has 1 N–H and O–H groups in total. The van der Waals surface area contributed by atoms with E-state index in [1.54, 1.807) is 12.1 Å². The Morgan fingerprint density at radius 1 is 1.44 bits per heavy atom. The highest BCUT2D eigenvalue weighted by molar-refractivity contribution is 7.11. The zero-order chi connectivity index (χ0) is 13.0. The molecule has 0 atom stereocenters. The maximum atomic E-state index is 13.2. The number of aromatic nitrogens is 1. The van der Waals surface area contributed by atoms with Crippen LogP contribution in [0.25, 0.3) is 0 Å². The van der Waals surface area contributed by atoms with E-state index >= 15 is 0 Å². The van der Waals surface area contributed by atoms with E-state index in [9.17, 15) is 9.18 Å². The molecule has 0 aliphatic rings. The summed E-state index contributed by atoms with van der Waals surface area (Å²) in [5.74, 6) is -1.17. The van der Waals surface area contributed by atoms with Crippen molar-refractivity contribution in [2.24, 2.45) is 0 Å². The smallest absolute Gasteiger partial charge is 0.308 e. The van der Waals surface area contributed by atoms with Gasteiger partial charge in [0.05, 0.1) is 6.42 Å². The molecule has 0 saturated heterocycles. The Bertz CT molecular complexity index is 556. The van der Waals surface area contributed by atoms with E-state index in [2.05, 4.69) is 4.98 Å². The molecule has 2 rings (SSSR count). The highest BCUT2D eigenvalue weighted by Crippen LogP contribution is 2.19. The molecule has 0 unspecified atom stereocenters. The summed E-state index contributed by atoms with van der Waals surface area (Å²) < 4.78 is 18.5. The van der Waals surface area contributed by atoms with E-state index in [0.29, 0.717) is 9.88 Å². The monoisotopic (exact) mass is 267 g/mol. The lowest BCUT2D eigenvalue weighted by Crippen LogP contribution is -1.97. The van der Waals surface area contributed by atoms with Crippen molar-refractivity contribution >= 4 is 17.3 Å². The fraction of sp³-hybridized carbons (Fsp3) is 0.167. The van der Waals surface area contributed by atoms with Crippen molar-refractivity contribution in [1.29, 1.82) is 0 Å². The van der Waals surface area contributed by atoms with Crippen LogP contribution in [-0.4, -0.2) is 16.1 Å². The van der Waals surface area contributed by atoms with Crippen LogP contribution in [0.2, 0.25) is 0 Å². The number of rotatable bonds is 5. The van der Waals surface area contributed by atoms with Gasteiger partial charge >= 0.3 is 5.97 Å². The van der Waals surface area contributed by atoms with Gasteiger partial charge in [0, 0.05) is 11.1 Å². The molecule has 0 amide bonds. The minimum Gasteiger partial charge on any atom is -0.483 e. The molecule has 4 nitrogen and oxygen atoms in total. The van der Waals surface area contributed by atoms with Crippen molar-refractivity contribution in [2.75, 3.05) is 0 Å². The second kappa shape index (κ2) is 5.59. The van der Waals surface area contributed by atoms with Crippen molar-refractivity contribution in [3.63, 3.8) is 0 Å². The van der Waals surface area contributed by atoms with Crippen LogP contribution < -0.4 is 4.74 Å². The van der Waals surface area contributed by atoms with Crippen molar-refractivity contribution in [1.82, 2.24) is 4.98 Å². The van der Waals surface area contributed by atoms with Crippen LogP contribution in [0.1, 0.15) is 9.88 Å². The second-order valence-corrected chi connectivity index (χ2v) is 4.71. The Morgan fingerprint density at radius 3 is 2.94 bits per heavy atom. The number of para-hydroxylation sites is 1. The summed E-state index contributed by atoms with van der Waals surface area (Å²) in [5, 5.41) is 9.24. The van der Waals surface area contributed by atoms with Gasteiger partial charge in [-0.3, -0.25) is 4.79 Å². The van der Waals surface area contributed by atoms with Crippen molar-refractivity contribution in [3.8, 4) is 5.75 Å². The summed E-state index contributed by atoms with van der Waals surface area (Å²) >= 11 is 1.25. The minimum absolute atomic E-state index is 0.0582. The maximum Gasteiger partial charge on any atom is 0.308 e. The van der Waals surface area contributed by atoms with E-state index in [4.69, 9.17) is 9.84 Å². The summed E-state index contributed by atoms with van der Waals surface area (Å²) in [5.41, 5.74) is 0. The lowest BCUT2D eigenvalue weighted by Gasteiger charge is -2.04. The van der Waals surface area contributed by atoms with Crippen LogP contribution in [0.4, 0.5) is 4.39 Å². The Kier molecular flexibility index (Phi) is 3.88. The first-order valence-corrected chi connectivity index (χ1v) is 5.99. The summed E-state index contributed by atoms with van der Waals surface area (Å²) in [6, 6.07) is 6.10. The fourth-order valence-electron chi connectivity index (χ4n) is 1.35. The van der Waals surface area contributed by atoms with Gasteiger partial charge in [0.25, 0.3) is 0 Å². The number of carboxylic acids is 1. The van der Waals surface area contributed by atoms with E-state index in [1.165, 1.54) is 29.7 Å². The summed E-state index contributed by atoms with van der Waals surface area (Å²) in [4.78, 5) is 15.2. The number of aliphatic carboxylic acids is 1. The lowest BCUT2D eigenvalue weighted by molar-refractivity contribution is -0.136. The third-order valence-electron chi connectivity index (χ3n) is 2.11. The van der Waals surface area contributed by atoms with Crippen molar-refractivity contribution < 1.29 is 19.0 Å². The van der Waals surface area contributed by atoms with Gasteiger partial charge in [-0.05, 0) is 12.1 Å². The molecule has 18 heavy (non-hydrogen) atoms. The molecule has 0 saturated carbocycles. The van der Waals surface area contributed by atoms with Gasteiger partial charge in [0.2, 0.25) is 0 Å². The van der Waals surface area contributed by atoms with Crippen molar-refractivity contribution in [3.05, 3.63) is 46.2 Å². The summed E-state index contributed by atoms with van der Waals surface area (Å²) in [6.45, 7) is 0.130. The first kappa shape index (κ1) is 12.5. The maximum absolute atomic E-state index is 13.2. The number of halogens is 1. The van der Waals surface area contributed by atoms with Gasteiger partial charge in [-0.25, -0.2) is 9.37 Å². The molecule has 0 radical (unpaired) electrons. The van der Waals surface area contributed by atoms with Crippen LogP contribution in [-0.2, 0) is 17.8 Å². The third kappa shape index (κ3) is 3.27. The highest BCUT2D eigenvalue weighted by Gasteiger charge is 2.07. The van der Waals surface area contributed by atoms with Crippen LogP contribution in [0.5, 0.6) is 5.75 Å². The molecule has 1 aromatic heterocycles. The largest absolute Gasteiger partial charge is 0.483 e. The van der Waals surface area contributed by atoms with Gasteiger partial charge in [-0.15, -0.1) is 11.3 Å². The van der Waals surface area contributed by atoms with Gasteiger partial charge in [-0.1, -0.05) is 12.1 Å². The molecule has 0 aliphatic carbocycles. The average molecular weight is 267 g/mol. The zero-order valence-corrected chi connectivity index (χ0v) is 10.1. The molecule has 0 fully saturated rings. The quantitative estimate of drug-likeness (QED) is 0.904. The normalized spacial score (nSPS) is 10.3. The number of carboxylic acid groups (broad SMARTS) is 1. The number of ether oxygens (including phenoxy) is 1. The van der Waals surface area contributed by atoms with Gasteiger partial charge in [-0.2, -0.15) is 0 Å². The predicted octanol–water partition coefficient (Wildman–Crippen LogP) is 2.49. The first-order valence-electron chi connectivity index (χ1n) is 5.18. The first-order chi connectivity index (χ1) is 8.65. The second-order valence-electron chi connectivity index (χ2n) is 3.51. The topological polar surface area (TPSA) is 59.4 Å². The Morgan fingerprint density at radius 2 is 2.22 bits per heavy atom. The van der Waals surface area contributed by atoms with E-state index in [1.807, 2.05) is 0 Å². The predicted molar refractivity (Wildman–Crippen MR) is 64.2 cm³/mol. The third-order valence-corrected chi connectivity index (χ3v) is 3.09. The standard InChI is InChI=1S/C12H10FNO3S/c13-9-3-1-2-4-10(9)17-7-11-14-6-8(18-11)5-12(15)16/h1-4,6H,5,7H2,(H,15,16). The van der Waals surface area contributed by atoms with Crippen molar-refractivity contribution in [2.45, 2.75) is 13.0 Å². The molecule has 6 heteroatoms. The van der Waals surface area contributed by atoms with E-state index in [0.717, 1.165) is 0 Å². The molecule has 94 valence electrons. The number of nitrogens with zero attached hydrogens (tertiary/aromatic N) is 1. The molecule has 0 bridgehead atoms. The minimum atomic E-state index is -0.903. The number of hydrogen-bond donors (Lipinski definition) is 1. The molecule has 0 aliphatic heterocycles. The summed E-state index contributed by atoms with van der Waals surface area (Å²) in [6.07, 6.45) is 1.44. The van der Waals surface area contributed by atoms with Crippen LogP contribution in [0.15, 0.2) is 30.5 Å². The molecule has 1 aromatic carbocycles. The molecular formula is C12H10FNO3S. The number of thiazole rings is 1. The Balaban J connectivity index is 1.96. The Labute approximate surface area is 107 Å². The van der Waals surface area contributed by atoms with E-state index < -0.39 is 11.8 Å². The molecule has 1 heterocycles. The Hall–Kier alpha value is -1.95.